The summed E-state index contributed by atoms with van der Waals surface area (Å²) in [5.74, 6) is -0.184. The van der Waals surface area contributed by atoms with Gasteiger partial charge in [-0.15, -0.1) is 16.8 Å². The minimum Gasteiger partial charge on any atom is -0.330 e. The van der Waals surface area contributed by atoms with Gasteiger partial charge in [-0.3, -0.25) is 14.9 Å². The lowest BCUT2D eigenvalue weighted by molar-refractivity contribution is -0.132. The molecule has 0 aliphatic carbocycles. The van der Waals surface area contributed by atoms with Gasteiger partial charge in [-0.25, -0.2) is 0 Å². The second kappa shape index (κ2) is 6.98. The van der Waals surface area contributed by atoms with Crippen LogP contribution in [0.25, 0.3) is 0 Å². The maximum atomic E-state index is 11.8. The van der Waals surface area contributed by atoms with Gasteiger partial charge in [0.15, 0.2) is 0 Å². The van der Waals surface area contributed by atoms with Gasteiger partial charge in [0.05, 0.1) is 0 Å². The summed E-state index contributed by atoms with van der Waals surface area (Å²) in [5.41, 5.74) is 0. The number of nitrogens with zero attached hydrogens (tertiary/aromatic N) is 3. The highest BCUT2D eigenvalue weighted by Crippen LogP contribution is 2.22. The molecule has 1 aromatic heterocycles. The van der Waals surface area contributed by atoms with E-state index in [0.717, 1.165) is 5.01 Å². The summed E-state index contributed by atoms with van der Waals surface area (Å²) in [6, 6.07) is 0. The Hall–Kier alpha value is -1.76. The van der Waals surface area contributed by atoms with E-state index in [-0.39, 0.29) is 24.3 Å². The quantitative estimate of drug-likeness (QED) is 0.805. The molecule has 19 heavy (non-hydrogen) atoms. The van der Waals surface area contributed by atoms with E-state index in [0.29, 0.717) is 11.7 Å². The van der Waals surface area contributed by atoms with Crippen LogP contribution in [0, 0.1) is 0 Å². The fraction of sp³-hybridized carbons (Fsp3) is 0.500. The zero-order chi connectivity index (χ0) is 14.4. The van der Waals surface area contributed by atoms with Crippen molar-refractivity contribution < 1.29 is 9.59 Å². The first-order valence-corrected chi connectivity index (χ1v) is 6.75. The molecule has 0 atom stereocenters. The fourth-order valence-electron chi connectivity index (χ4n) is 1.31. The van der Waals surface area contributed by atoms with Crippen molar-refractivity contribution in [2.75, 3.05) is 18.4 Å². The van der Waals surface area contributed by atoms with E-state index < -0.39 is 0 Å². The van der Waals surface area contributed by atoms with E-state index in [1.807, 2.05) is 13.8 Å². The molecular formula is C12H18N4O2S. The second-order valence-electron chi connectivity index (χ2n) is 4.34. The van der Waals surface area contributed by atoms with Crippen molar-refractivity contribution in [3.8, 4) is 0 Å². The normalized spacial score (nSPS) is 10.3. The van der Waals surface area contributed by atoms with Crippen molar-refractivity contribution >= 4 is 28.3 Å². The van der Waals surface area contributed by atoms with Crippen molar-refractivity contribution in [1.82, 2.24) is 15.1 Å². The molecule has 0 aliphatic rings. The zero-order valence-electron chi connectivity index (χ0n) is 11.3. The lowest BCUT2D eigenvalue weighted by atomic mass is 10.2. The highest BCUT2D eigenvalue weighted by atomic mass is 32.1. The van der Waals surface area contributed by atoms with Crippen molar-refractivity contribution in [2.24, 2.45) is 0 Å². The van der Waals surface area contributed by atoms with Crippen LogP contribution >= 0.6 is 11.3 Å². The van der Waals surface area contributed by atoms with Crippen LogP contribution in [0.1, 0.15) is 31.7 Å². The standard InChI is InChI=1S/C12H18N4O2S/c1-5-6-16(9(4)17)7-10(18)13-12-15-14-11(19-12)8(2)3/h5,8H,1,6-7H2,2-4H3,(H,13,15,18). The molecule has 0 spiro atoms. The molecule has 1 rings (SSSR count). The van der Waals surface area contributed by atoms with Gasteiger partial charge in [-0.2, -0.15) is 0 Å². The molecule has 6 nitrogen and oxygen atoms in total. The third kappa shape index (κ3) is 4.78. The van der Waals surface area contributed by atoms with Crippen LogP contribution in [0.2, 0.25) is 0 Å². The summed E-state index contributed by atoms with van der Waals surface area (Å²) >= 11 is 1.34. The number of carbonyl (C=O) groups excluding carboxylic acids is 2. The summed E-state index contributed by atoms with van der Waals surface area (Å²) < 4.78 is 0. The Bertz CT molecular complexity index is 470. The van der Waals surface area contributed by atoms with Gasteiger partial charge in [-0.1, -0.05) is 31.3 Å². The number of amides is 2. The summed E-state index contributed by atoms with van der Waals surface area (Å²) in [6.07, 6.45) is 1.58. The average molecular weight is 282 g/mol. The monoisotopic (exact) mass is 282 g/mol. The van der Waals surface area contributed by atoms with Gasteiger partial charge in [0.2, 0.25) is 16.9 Å². The van der Waals surface area contributed by atoms with Crippen LogP contribution < -0.4 is 5.32 Å². The molecule has 0 fully saturated rings. The first-order chi connectivity index (χ1) is 8.93. The zero-order valence-corrected chi connectivity index (χ0v) is 12.2. The van der Waals surface area contributed by atoms with Gasteiger partial charge < -0.3 is 4.90 Å². The molecule has 0 unspecified atom stereocenters. The number of hydrogen-bond donors (Lipinski definition) is 1. The van der Waals surface area contributed by atoms with Crippen LogP contribution in [0.4, 0.5) is 5.13 Å². The molecule has 1 N–H and O–H groups in total. The molecule has 0 aromatic carbocycles. The fourth-order valence-corrected chi connectivity index (χ4v) is 2.07. The van der Waals surface area contributed by atoms with E-state index in [4.69, 9.17) is 0 Å². The predicted octanol–water partition coefficient (Wildman–Crippen LogP) is 1.63. The Kier molecular flexibility index (Phi) is 5.62. The number of hydrogen-bond acceptors (Lipinski definition) is 5. The van der Waals surface area contributed by atoms with Crippen molar-refractivity contribution in [3.05, 3.63) is 17.7 Å². The van der Waals surface area contributed by atoms with Crippen LogP contribution in [0.5, 0.6) is 0 Å². The Morgan fingerprint density at radius 3 is 2.63 bits per heavy atom. The molecule has 0 aliphatic heterocycles. The summed E-state index contributed by atoms with van der Waals surface area (Å²) in [5, 5.41) is 11.8. The van der Waals surface area contributed by atoms with Crippen molar-refractivity contribution in [3.63, 3.8) is 0 Å². The summed E-state index contributed by atoms with van der Waals surface area (Å²) in [6.45, 7) is 9.31. The Labute approximate surface area is 116 Å². The van der Waals surface area contributed by atoms with E-state index in [9.17, 15) is 9.59 Å². The minimum atomic E-state index is -0.288. The summed E-state index contributed by atoms with van der Waals surface area (Å²) in [4.78, 5) is 24.5. The Balaban J connectivity index is 2.58. The van der Waals surface area contributed by atoms with E-state index in [1.165, 1.54) is 23.2 Å². The minimum absolute atomic E-state index is 0.0159. The number of aromatic nitrogens is 2. The second-order valence-corrected chi connectivity index (χ2v) is 5.35. The third-order valence-electron chi connectivity index (χ3n) is 2.31. The van der Waals surface area contributed by atoms with Crippen LogP contribution in [0.3, 0.4) is 0 Å². The molecule has 0 bridgehead atoms. The van der Waals surface area contributed by atoms with Gasteiger partial charge >= 0.3 is 0 Å². The van der Waals surface area contributed by atoms with Crippen LogP contribution in [-0.2, 0) is 9.59 Å². The molecular weight excluding hydrogens is 264 g/mol. The SMILES string of the molecule is C=CCN(CC(=O)Nc1nnc(C(C)C)s1)C(C)=O. The number of rotatable bonds is 6. The van der Waals surface area contributed by atoms with Gasteiger partial charge in [0.25, 0.3) is 0 Å². The topological polar surface area (TPSA) is 75.2 Å². The predicted molar refractivity (Wildman–Crippen MR) is 75.1 cm³/mol. The highest BCUT2D eigenvalue weighted by molar-refractivity contribution is 7.15. The third-order valence-corrected chi connectivity index (χ3v) is 3.45. The smallest absolute Gasteiger partial charge is 0.245 e. The van der Waals surface area contributed by atoms with Crippen molar-refractivity contribution in [2.45, 2.75) is 26.7 Å². The molecule has 104 valence electrons. The van der Waals surface area contributed by atoms with Gasteiger partial charge in [-0.05, 0) is 0 Å². The van der Waals surface area contributed by atoms with Gasteiger partial charge in [0, 0.05) is 19.4 Å². The first-order valence-electron chi connectivity index (χ1n) is 5.93. The lowest BCUT2D eigenvalue weighted by Gasteiger charge is -2.17. The van der Waals surface area contributed by atoms with E-state index in [1.54, 1.807) is 6.08 Å². The Morgan fingerprint density at radius 1 is 1.47 bits per heavy atom. The number of carbonyl (C=O) groups is 2. The number of anilines is 1. The van der Waals surface area contributed by atoms with Crippen LogP contribution in [0.15, 0.2) is 12.7 Å². The summed E-state index contributed by atoms with van der Waals surface area (Å²) in [7, 11) is 0. The van der Waals surface area contributed by atoms with E-state index in [2.05, 4.69) is 22.1 Å². The largest absolute Gasteiger partial charge is 0.330 e. The molecule has 0 saturated carbocycles. The first kappa shape index (κ1) is 15.3. The number of nitrogens with one attached hydrogen (secondary N) is 1. The lowest BCUT2D eigenvalue weighted by Crippen LogP contribution is -2.36. The molecule has 0 radical (unpaired) electrons. The maximum Gasteiger partial charge on any atom is 0.245 e. The van der Waals surface area contributed by atoms with E-state index >= 15 is 0 Å². The Morgan fingerprint density at radius 2 is 2.16 bits per heavy atom. The maximum absolute atomic E-state index is 11.8. The molecule has 1 heterocycles. The molecule has 0 saturated heterocycles. The molecule has 2 amide bonds. The van der Waals surface area contributed by atoms with Crippen LogP contribution in [-0.4, -0.2) is 40.0 Å². The molecule has 1 aromatic rings. The average Bonchev–Trinajstić information content (AvgIpc) is 2.76. The van der Waals surface area contributed by atoms with Crippen molar-refractivity contribution in [1.29, 1.82) is 0 Å². The highest BCUT2D eigenvalue weighted by Gasteiger charge is 2.14. The van der Waals surface area contributed by atoms with Gasteiger partial charge in [0.1, 0.15) is 11.6 Å². The molecule has 7 heteroatoms.